The molecule has 1 N–H and O–H groups in total. The second-order valence-corrected chi connectivity index (χ2v) is 4.15. The molecule has 0 aliphatic carbocycles. The Balaban J connectivity index is 2.60. The summed E-state index contributed by atoms with van der Waals surface area (Å²) in [6.45, 7) is 3.87. The fourth-order valence-electron chi connectivity index (χ4n) is 1.55. The van der Waals surface area contributed by atoms with E-state index in [1.165, 1.54) is 12.1 Å². The van der Waals surface area contributed by atoms with E-state index in [0.29, 0.717) is 11.3 Å². The van der Waals surface area contributed by atoms with Gasteiger partial charge >= 0.3 is 0 Å². The number of benzene rings is 1. The molecule has 2 aromatic rings. The molecule has 88 valence electrons. The third-order valence-corrected chi connectivity index (χ3v) is 2.48. The summed E-state index contributed by atoms with van der Waals surface area (Å²) in [5.41, 5.74) is 0.709. The molecule has 4 heteroatoms. The van der Waals surface area contributed by atoms with Gasteiger partial charge in [-0.15, -0.1) is 0 Å². The lowest BCUT2D eigenvalue weighted by molar-refractivity contribution is 0.629. The van der Waals surface area contributed by atoms with Crippen molar-refractivity contribution >= 4 is 0 Å². The van der Waals surface area contributed by atoms with E-state index in [4.69, 9.17) is 0 Å². The van der Waals surface area contributed by atoms with Gasteiger partial charge in [0.1, 0.15) is 11.6 Å². The first-order valence-corrected chi connectivity index (χ1v) is 5.44. The topological polar surface area (TPSA) is 45.8 Å². The number of rotatable bonds is 2. The summed E-state index contributed by atoms with van der Waals surface area (Å²) in [7, 11) is 0. The predicted molar refractivity (Wildman–Crippen MR) is 64.3 cm³/mol. The number of H-pyrrole nitrogens is 1. The van der Waals surface area contributed by atoms with Crippen LogP contribution in [-0.2, 0) is 0 Å². The molecule has 0 aliphatic heterocycles. The fourth-order valence-corrected chi connectivity index (χ4v) is 1.55. The Hall–Kier alpha value is -1.97. The first kappa shape index (κ1) is 11.5. The number of aromatic amines is 1. The molecule has 0 bridgehead atoms. The Morgan fingerprint density at radius 1 is 1.29 bits per heavy atom. The summed E-state index contributed by atoms with van der Waals surface area (Å²) in [5.74, 6) is 0.0127. The van der Waals surface area contributed by atoms with Crippen LogP contribution in [0.3, 0.4) is 0 Å². The first-order valence-electron chi connectivity index (χ1n) is 5.44. The lowest BCUT2D eigenvalue weighted by Crippen LogP contribution is -2.11. The summed E-state index contributed by atoms with van der Waals surface area (Å²) in [6, 6.07) is 7.69. The van der Waals surface area contributed by atoms with Gasteiger partial charge in [-0.05, 0) is 18.1 Å². The highest BCUT2D eigenvalue weighted by Crippen LogP contribution is 2.19. The van der Waals surface area contributed by atoms with Gasteiger partial charge in [-0.1, -0.05) is 26.0 Å². The van der Waals surface area contributed by atoms with Crippen LogP contribution in [0.5, 0.6) is 0 Å². The molecular weight excluding hydrogens is 219 g/mol. The summed E-state index contributed by atoms with van der Waals surface area (Å²) in [4.78, 5) is 18.3. The first-order chi connectivity index (χ1) is 8.08. The molecule has 0 spiro atoms. The van der Waals surface area contributed by atoms with E-state index >= 15 is 0 Å². The van der Waals surface area contributed by atoms with Crippen molar-refractivity contribution in [3.8, 4) is 11.4 Å². The van der Waals surface area contributed by atoms with Crippen LogP contribution in [0.1, 0.15) is 25.5 Å². The van der Waals surface area contributed by atoms with E-state index in [1.807, 2.05) is 13.8 Å². The molecule has 0 atom stereocenters. The largest absolute Gasteiger partial charge is 0.306 e. The number of hydrogen-bond donors (Lipinski definition) is 1. The van der Waals surface area contributed by atoms with Crippen molar-refractivity contribution in [1.82, 2.24) is 9.97 Å². The van der Waals surface area contributed by atoms with Crippen LogP contribution in [0.15, 0.2) is 35.1 Å². The van der Waals surface area contributed by atoms with E-state index < -0.39 is 5.82 Å². The van der Waals surface area contributed by atoms with Crippen LogP contribution >= 0.6 is 0 Å². The SMILES string of the molecule is CC(C)c1cc(=O)[nH]c(-c2ccccc2F)n1. The number of hydrogen-bond acceptors (Lipinski definition) is 2. The van der Waals surface area contributed by atoms with Crippen molar-refractivity contribution in [3.05, 3.63) is 52.2 Å². The van der Waals surface area contributed by atoms with Crippen molar-refractivity contribution in [2.75, 3.05) is 0 Å². The highest BCUT2D eigenvalue weighted by Gasteiger charge is 2.09. The lowest BCUT2D eigenvalue weighted by atomic mass is 10.1. The van der Waals surface area contributed by atoms with Gasteiger partial charge in [0.05, 0.1) is 11.3 Å². The molecule has 0 unspecified atom stereocenters. The molecule has 0 fully saturated rings. The van der Waals surface area contributed by atoms with Gasteiger partial charge in [-0.3, -0.25) is 4.79 Å². The van der Waals surface area contributed by atoms with Gasteiger partial charge in [-0.2, -0.15) is 0 Å². The number of halogens is 1. The van der Waals surface area contributed by atoms with Gasteiger partial charge in [0.2, 0.25) is 0 Å². The van der Waals surface area contributed by atoms with E-state index in [1.54, 1.807) is 18.2 Å². The van der Waals surface area contributed by atoms with Gasteiger partial charge in [0.25, 0.3) is 5.56 Å². The Labute approximate surface area is 98.3 Å². The maximum atomic E-state index is 13.6. The van der Waals surface area contributed by atoms with E-state index in [0.717, 1.165) is 0 Å². The molecular formula is C13H13FN2O. The fraction of sp³-hybridized carbons (Fsp3) is 0.231. The van der Waals surface area contributed by atoms with Crippen molar-refractivity contribution in [3.63, 3.8) is 0 Å². The van der Waals surface area contributed by atoms with Crippen LogP contribution < -0.4 is 5.56 Å². The summed E-state index contributed by atoms with van der Waals surface area (Å²) in [5, 5.41) is 0. The molecule has 17 heavy (non-hydrogen) atoms. The summed E-state index contributed by atoms with van der Waals surface area (Å²) >= 11 is 0. The van der Waals surface area contributed by atoms with Crippen molar-refractivity contribution in [1.29, 1.82) is 0 Å². The standard InChI is InChI=1S/C13H13FN2O/c1-8(2)11-7-12(17)16-13(15-11)9-5-3-4-6-10(9)14/h3-8H,1-2H3,(H,15,16,17). The summed E-state index contributed by atoms with van der Waals surface area (Å²) in [6.07, 6.45) is 0. The van der Waals surface area contributed by atoms with E-state index in [2.05, 4.69) is 9.97 Å². The highest BCUT2D eigenvalue weighted by atomic mass is 19.1. The summed E-state index contributed by atoms with van der Waals surface area (Å²) < 4.78 is 13.6. The minimum absolute atomic E-state index is 0.128. The van der Waals surface area contributed by atoms with E-state index in [9.17, 15) is 9.18 Å². The minimum Gasteiger partial charge on any atom is -0.306 e. The molecule has 0 aliphatic rings. The monoisotopic (exact) mass is 232 g/mol. The Kier molecular flexibility index (Phi) is 3.04. The quantitative estimate of drug-likeness (QED) is 0.865. The third kappa shape index (κ3) is 2.41. The van der Waals surface area contributed by atoms with Gasteiger partial charge in [-0.25, -0.2) is 9.37 Å². The van der Waals surface area contributed by atoms with Crippen LogP contribution in [0.4, 0.5) is 4.39 Å². The molecule has 1 aromatic carbocycles. The maximum absolute atomic E-state index is 13.6. The average molecular weight is 232 g/mol. The molecule has 0 saturated heterocycles. The van der Waals surface area contributed by atoms with Gasteiger partial charge in [0, 0.05) is 6.07 Å². The third-order valence-electron chi connectivity index (χ3n) is 2.48. The molecule has 1 heterocycles. The van der Waals surface area contributed by atoms with Crippen LogP contribution in [0.2, 0.25) is 0 Å². The van der Waals surface area contributed by atoms with Gasteiger partial charge in [0.15, 0.2) is 0 Å². The van der Waals surface area contributed by atoms with Gasteiger partial charge < -0.3 is 4.98 Å². The van der Waals surface area contributed by atoms with Crippen LogP contribution in [0, 0.1) is 5.82 Å². The molecule has 1 aromatic heterocycles. The predicted octanol–water partition coefficient (Wildman–Crippen LogP) is 2.70. The highest BCUT2D eigenvalue weighted by molar-refractivity contribution is 5.55. The van der Waals surface area contributed by atoms with E-state index in [-0.39, 0.29) is 17.3 Å². The van der Waals surface area contributed by atoms with Crippen LogP contribution in [-0.4, -0.2) is 9.97 Å². The zero-order valence-corrected chi connectivity index (χ0v) is 9.70. The zero-order chi connectivity index (χ0) is 12.4. The zero-order valence-electron chi connectivity index (χ0n) is 9.70. The second kappa shape index (κ2) is 4.49. The number of aromatic nitrogens is 2. The smallest absolute Gasteiger partial charge is 0.251 e. The normalized spacial score (nSPS) is 10.8. The molecule has 3 nitrogen and oxygen atoms in total. The van der Waals surface area contributed by atoms with Crippen molar-refractivity contribution in [2.45, 2.75) is 19.8 Å². The lowest BCUT2D eigenvalue weighted by Gasteiger charge is -2.07. The second-order valence-electron chi connectivity index (χ2n) is 4.15. The Morgan fingerprint density at radius 2 is 2.00 bits per heavy atom. The van der Waals surface area contributed by atoms with Crippen LogP contribution in [0.25, 0.3) is 11.4 Å². The minimum atomic E-state index is -0.392. The Morgan fingerprint density at radius 3 is 2.65 bits per heavy atom. The van der Waals surface area contributed by atoms with Crippen molar-refractivity contribution < 1.29 is 4.39 Å². The maximum Gasteiger partial charge on any atom is 0.251 e. The molecule has 2 rings (SSSR count). The molecule has 0 saturated carbocycles. The van der Waals surface area contributed by atoms with Crippen molar-refractivity contribution in [2.24, 2.45) is 0 Å². The number of nitrogens with zero attached hydrogens (tertiary/aromatic N) is 1. The molecule has 0 amide bonds. The number of nitrogens with one attached hydrogen (secondary N) is 1. The molecule has 0 radical (unpaired) electrons. The average Bonchev–Trinajstić information content (AvgIpc) is 2.28. The Bertz CT molecular complexity index is 590.